The van der Waals surface area contributed by atoms with E-state index in [2.05, 4.69) is 25.3 Å². The summed E-state index contributed by atoms with van der Waals surface area (Å²) in [5.74, 6) is 0.00303. The van der Waals surface area contributed by atoms with Crippen molar-refractivity contribution in [2.75, 3.05) is 5.32 Å². The van der Waals surface area contributed by atoms with Crippen LogP contribution in [0.25, 0.3) is 11.0 Å². The Morgan fingerprint density at radius 3 is 2.67 bits per heavy atom. The van der Waals surface area contributed by atoms with E-state index in [1.165, 1.54) is 6.07 Å². The van der Waals surface area contributed by atoms with Crippen LogP contribution in [0.1, 0.15) is 16.7 Å². The van der Waals surface area contributed by atoms with Crippen LogP contribution in [0.5, 0.6) is 0 Å². The Morgan fingerprint density at radius 1 is 1.04 bits per heavy atom. The number of rotatable bonds is 5. The summed E-state index contributed by atoms with van der Waals surface area (Å²) in [6, 6.07) is 6.58. The molecule has 0 saturated heterocycles. The van der Waals surface area contributed by atoms with E-state index in [0.717, 1.165) is 22.2 Å². The monoisotopic (exact) mass is 401 g/mol. The lowest BCUT2D eigenvalue weighted by Gasteiger charge is -2.07. The van der Waals surface area contributed by atoms with Gasteiger partial charge in [0.25, 0.3) is 0 Å². The number of nitrogens with zero attached hydrogens (tertiary/aromatic N) is 3. The highest BCUT2D eigenvalue weighted by Gasteiger charge is 2.08. The molecule has 0 radical (unpaired) electrons. The van der Waals surface area contributed by atoms with Crippen molar-refractivity contribution < 1.29 is 4.39 Å². The molecule has 0 amide bonds. The Balaban J connectivity index is 1.45. The number of hydrogen-bond donors (Lipinski definition) is 2. The first kappa shape index (κ1) is 17.7. The molecule has 27 heavy (non-hydrogen) atoms. The summed E-state index contributed by atoms with van der Waals surface area (Å²) >= 11 is 12.0. The fourth-order valence-electron chi connectivity index (χ4n) is 2.80. The zero-order valence-electron chi connectivity index (χ0n) is 14.0. The normalized spacial score (nSPS) is 11.1. The average Bonchev–Trinajstić information content (AvgIpc) is 3.06. The van der Waals surface area contributed by atoms with Gasteiger partial charge in [-0.15, -0.1) is 0 Å². The van der Waals surface area contributed by atoms with Crippen molar-refractivity contribution in [2.45, 2.75) is 13.0 Å². The Morgan fingerprint density at radius 2 is 1.85 bits per heavy atom. The third-order valence-electron chi connectivity index (χ3n) is 4.15. The largest absolute Gasteiger partial charge is 0.350 e. The molecule has 0 aliphatic heterocycles. The lowest BCUT2D eigenvalue weighted by atomic mass is 10.1. The average molecular weight is 402 g/mol. The summed E-state index contributed by atoms with van der Waals surface area (Å²) in [5.41, 5.74) is 3.45. The van der Waals surface area contributed by atoms with Gasteiger partial charge >= 0.3 is 0 Å². The van der Waals surface area contributed by atoms with Crippen molar-refractivity contribution in [1.82, 2.24) is 19.9 Å². The number of benzene rings is 1. The second kappa shape index (κ2) is 7.50. The number of fused-ring (bicyclic) bond motifs is 1. The van der Waals surface area contributed by atoms with Gasteiger partial charge in [0.2, 0.25) is 5.95 Å². The van der Waals surface area contributed by atoms with Gasteiger partial charge in [-0.3, -0.25) is 0 Å². The predicted molar refractivity (Wildman–Crippen MR) is 105 cm³/mol. The van der Waals surface area contributed by atoms with Crippen LogP contribution in [-0.4, -0.2) is 19.9 Å². The molecule has 0 saturated carbocycles. The molecular formula is C19H14Cl2FN5. The molecule has 0 aliphatic carbocycles. The van der Waals surface area contributed by atoms with Gasteiger partial charge < -0.3 is 10.3 Å². The van der Waals surface area contributed by atoms with E-state index in [9.17, 15) is 4.39 Å². The van der Waals surface area contributed by atoms with Gasteiger partial charge in [-0.2, -0.15) is 0 Å². The second-order valence-corrected chi connectivity index (χ2v) is 6.84. The topological polar surface area (TPSA) is 66.5 Å². The second-order valence-electron chi connectivity index (χ2n) is 6.02. The fraction of sp³-hybridized carbons (Fsp3) is 0.105. The lowest BCUT2D eigenvalue weighted by Crippen LogP contribution is -2.05. The molecule has 0 aliphatic rings. The highest BCUT2D eigenvalue weighted by Crippen LogP contribution is 2.23. The Kier molecular flexibility index (Phi) is 4.92. The van der Waals surface area contributed by atoms with E-state index >= 15 is 0 Å². The predicted octanol–water partition coefficient (Wildman–Crippen LogP) is 5.00. The van der Waals surface area contributed by atoms with Crippen LogP contribution in [-0.2, 0) is 13.0 Å². The maximum atomic E-state index is 13.5. The van der Waals surface area contributed by atoms with Crippen LogP contribution >= 0.6 is 23.2 Å². The molecule has 4 rings (SSSR count). The smallest absolute Gasteiger partial charge is 0.222 e. The Bertz CT molecular complexity index is 1100. The SMILES string of the molecule is Fc1cccc(CNc2ncc(Cc3c[nH]c4ncc(Cl)cc34)cn2)c1Cl. The van der Waals surface area contributed by atoms with Gasteiger partial charge in [-0.05, 0) is 28.8 Å². The van der Waals surface area contributed by atoms with E-state index in [-0.39, 0.29) is 5.02 Å². The van der Waals surface area contributed by atoms with E-state index in [0.29, 0.717) is 29.5 Å². The minimum atomic E-state index is -0.444. The standard InChI is InChI=1S/C19H14Cl2FN5/c20-14-5-15-13(9-23-18(15)24-10-14)4-11-6-25-19(26-7-11)27-8-12-2-1-3-16(22)17(12)21/h1-3,5-7,9-10H,4,8H2,(H,23,24)(H,25,26,27). The van der Waals surface area contributed by atoms with E-state index in [1.807, 2.05) is 12.3 Å². The van der Waals surface area contributed by atoms with Crippen LogP contribution in [0, 0.1) is 5.82 Å². The van der Waals surface area contributed by atoms with E-state index in [1.54, 1.807) is 30.7 Å². The summed E-state index contributed by atoms with van der Waals surface area (Å²) < 4.78 is 13.5. The van der Waals surface area contributed by atoms with Crippen molar-refractivity contribution in [3.63, 3.8) is 0 Å². The lowest BCUT2D eigenvalue weighted by molar-refractivity contribution is 0.626. The summed E-state index contributed by atoms with van der Waals surface area (Å²) in [6.45, 7) is 0.336. The number of pyridine rings is 1. The van der Waals surface area contributed by atoms with Crippen LogP contribution in [0.2, 0.25) is 10.0 Å². The zero-order valence-corrected chi connectivity index (χ0v) is 15.5. The molecule has 5 nitrogen and oxygen atoms in total. The van der Waals surface area contributed by atoms with Gasteiger partial charge in [0, 0.05) is 43.1 Å². The maximum absolute atomic E-state index is 13.5. The van der Waals surface area contributed by atoms with E-state index in [4.69, 9.17) is 23.2 Å². The van der Waals surface area contributed by atoms with Crippen LogP contribution in [0.3, 0.4) is 0 Å². The van der Waals surface area contributed by atoms with Gasteiger partial charge in [0.15, 0.2) is 0 Å². The first-order chi connectivity index (χ1) is 13.1. The van der Waals surface area contributed by atoms with Crippen molar-refractivity contribution in [1.29, 1.82) is 0 Å². The molecule has 0 spiro atoms. The molecule has 0 fully saturated rings. The van der Waals surface area contributed by atoms with Gasteiger partial charge in [-0.25, -0.2) is 19.3 Å². The van der Waals surface area contributed by atoms with Crippen LogP contribution in [0.15, 0.2) is 49.1 Å². The molecule has 0 bridgehead atoms. The van der Waals surface area contributed by atoms with Crippen LogP contribution < -0.4 is 5.32 Å². The Labute approximate surface area is 164 Å². The fourth-order valence-corrected chi connectivity index (χ4v) is 3.15. The molecule has 3 heterocycles. The minimum absolute atomic E-state index is 0.105. The minimum Gasteiger partial charge on any atom is -0.350 e. The number of nitrogens with one attached hydrogen (secondary N) is 2. The van der Waals surface area contributed by atoms with Crippen molar-refractivity contribution in [3.05, 3.63) is 81.6 Å². The first-order valence-electron chi connectivity index (χ1n) is 8.19. The van der Waals surface area contributed by atoms with Gasteiger partial charge in [0.1, 0.15) is 11.5 Å². The quantitative estimate of drug-likeness (QED) is 0.493. The number of hydrogen-bond acceptors (Lipinski definition) is 4. The zero-order chi connectivity index (χ0) is 18.8. The van der Waals surface area contributed by atoms with Crippen LogP contribution in [0.4, 0.5) is 10.3 Å². The summed E-state index contributed by atoms with van der Waals surface area (Å²) in [7, 11) is 0. The number of halogens is 3. The highest BCUT2D eigenvalue weighted by atomic mass is 35.5. The molecule has 3 aromatic heterocycles. The third-order valence-corrected chi connectivity index (χ3v) is 4.78. The summed E-state index contributed by atoms with van der Waals surface area (Å²) in [6.07, 6.45) is 7.67. The highest BCUT2D eigenvalue weighted by molar-refractivity contribution is 6.31. The molecule has 8 heteroatoms. The summed E-state index contributed by atoms with van der Waals surface area (Å²) in [4.78, 5) is 16.0. The molecule has 2 N–H and O–H groups in total. The van der Waals surface area contributed by atoms with Crippen molar-refractivity contribution >= 4 is 40.2 Å². The molecule has 1 aromatic carbocycles. The van der Waals surface area contributed by atoms with E-state index < -0.39 is 5.82 Å². The van der Waals surface area contributed by atoms with Gasteiger partial charge in [-0.1, -0.05) is 35.3 Å². The first-order valence-corrected chi connectivity index (χ1v) is 8.95. The van der Waals surface area contributed by atoms with Crippen molar-refractivity contribution in [3.8, 4) is 0 Å². The Hall–Kier alpha value is -2.70. The number of aromatic nitrogens is 4. The summed E-state index contributed by atoms with van der Waals surface area (Å²) in [5, 5.41) is 4.72. The number of H-pyrrole nitrogens is 1. The molecule has 0 unspecified atom stereocenters. The number of aromatic amines is 1. The third kappa shape index (κ3) is 3.86. The van der Waals surface area contributed by atoms with Crippen molar-refractivity contribution in [2.24, 2.45) is 0 Å². The molecule has 4 aromatic rings. The molecule has 0 atom stereocenters. The molecule has 136 valence electrons. The maximum Gasteiger partial charge on any atom is 0.222 e. The van der Waals surface area contributed by atoms with Gasteiger partial charge in [0.05, 0.1) is 10.0 Å². The molecular weight excluding hydrogens is 388 g/mol. The number of anilines is 1.